The summed E-state index contributed by atoms with van der Waals surface area (Å²) in [6, 6.07) is 0. The molecule has 0 spiro atoms. The molecule has 0 saturated carbocycles. The highest BCUT2D eigenvalue weighted by molar-refractivity contribution is 9.09. The van der Waals surface area contributed by atoms with Crippen molar-refractivity contribution < 1.29 is 18.1 Å². The topological polar surface area (TPSA) is 44.8 Å². The number of alkyl halides is 1. The average molecular weight is 247 g/mol. The average Bonchev–Trinajstić information content (AvgIpc) is 2.05. The van der Waals surface area contributed by atoms with Gasteiger partial charge in [-0.1, -0.05) is 15.9 Å². The minimum absolute atomic E-state index is 0.365. The molecule has 0 unspecified atom stereocenters. The lowest BCUT2D eigenvalue weighted by Crippen LogP contribution is -1.97. The molecule has 0 amide bonds. The second-order valence-electron chi connectivity index (χ2n) is 1.69. The number of rotatable bonds is 6. The van der Waals surface area contributed by atoms with Crippen LogP contribution >= 0.6 is 23.8 Å². The molecule has 0 heterocycles. The molecule has 0 radical (unpaired) electrons. The van der Waals surface area contributed by atoms with Crippen molar-refractivity contribution in [2.24, 2.45) is 0 Å². The third kappa shape index (κ3) is 4.93. The van der Waals surface area contributed by atoms with Crippen LogP contribution in [0.4, 0.5) is 0 Å². The van der Waals surface area contributed by atoms with Gasteiger partial charge >= 0.3 is 7.82 Å². The van der Waals surface area contributed by atoms with Gasteiger partial charge < -0.3 is 0 Å². The van der Waals surface area contributed by atoms with Gasteiger partial charge in [-0.25, -0.2) is 4.57 Å². The fraction of sp³-hybridized carbons (Fsp3) is 1.00. The molecule has 0 aliphatic heterocycles. The molecular formula is C5H12BrO4P. The summed E-state index contributed by atoms with van der Waals surface area (Å²) in [5.41, 5.74) is 0. The molecule has 0 aromatic carbocycles. The fourth-order valence-electron chi connectivity index (χ4n) is 0.411. The first-order valence-corrected chi connectivity index (χ1v) is 5.68. The van der Waals surface area contributed by atoms with Crippen LogP contribution in [0.1, 0.15) is 6.42 Å². The van der Waals surface area contributed by atoms with E-state index in [1.807, 2.05) is 0 Å². The molecule has 0 aromatic rings. The van der Waals surface area contributed by atoms with Crippen LogP contribution in [0.5, 0.6) is 0 Å². The molecule has 0 fully saturated rings. The van der Waals surface area contributed by atoms with E-state index in [1.165, 1.54) is 14.2 Å². The summed E-state index contributed by atoms with van der Waals surface area (Å²) in [6.45, 7) is 0.365. The van der Waals surface area contributed by atoms with Crippen molar-refractivity contribution in [2.45, 2.75) is 6.42 Å². The highest BCUT2D eigenvalue weighted by Gasteiger charge is 2.21. The maximum atomic E-state index is 11.1. The largest absolute Gasteiger partial charge is 0.474 e. The second-order valence-corrected chi connectivity index (χ2v) is 4.36. The Hall–Kier alpha value is 0.590. The minimum Gasteiger partial charge on any atom is -0.290 e. The van der Waals surface area contributed by atoms with Crippen LogP contribution in [0, 0.1) is 0 Å². The lowest BCUT2D eigenvalue weighted by molar-refractivity contribution is 0.153. The van der Waals surface area contributed by atoms with E-state index in [-0.39, 0.29) is 0 Å². The summed E-state index contributed by atoms with van der Waals surface area (Å²) >= 11 is 3.21. The van der Waals surface area contributed by atoms with Crippen molar-refractivity contribution in [1.82, 2.24) is 0 Å². The zero-order valence-electron chi connectivity index (χ0n) is 6.58. The number of halogens is 1. The van der Waals surface area contributed by atoms with Crippen LogP contribution in [0.3, 0.4) is 0 Å². The molecule has 0 saturated heterocycles. The Kier molecular flexibility index (Phi) is 6.47. The molecule has 0 bridgehead atoms. The van der Waals surface area contributed by atoms with Crippen molar-refractivity contribution in [2.75, 3.05) is 26.2 Å². The normalized spacial score (nSPS) is 11.9. The van der Waals surface area contributed by atoms with Crippen molar-refractivity contribution in [3.8, 4) is 0 Å². The van der Waals surface area contributed by atoms with Gasteiger partial charge in [0.2, 0.25) is 0 Å². The molecule has 11 heavy (non-hydrogen) atoms. The molecule has 0 rings (SSSR count). The molecule has 0 N–H and O–H groups in total. The maximum absolute atomic E-state index is 11.1. The van der Waals surface area contributed by atoms with Crippen molar-refractivity contribution in [1.29, 1.82) is 0 Å². The maximum Gasteiger partial charge on any atom is 0.474 e. The van der Waals surface area contributed by atoms with Crippen molar-refractivity contribution in [3.63, 3.8) is 0 Å². The monoisotopic (exact) mass is 246 g/mol. The number of hydrogen-bond donors (Lipinski definition) is 0. The summed E-state index contributed by atoms with van der Waals surface area (Å²) < 4.78 is 25.1. The second kappa shape index (κ2) is 6.14. The van der Waals surface area contributed by atoms with Crippen molar-refractivity contribution >= 4 is 23.8 Å². The van der Waals surface area contributed by atoms with E-state index in [2.05, 4.69) is 25.0 Å². The van der Waals surface area contributed by atoms with Gasteiger partial charge in [-0.3, -0.25) is 13.6 Å². The van der Waals surface area contributed by atoms with Crippen LogP contribution in [-0.2, 0) is 18.1 Å². The van der Waals surface area contributed by atoms with Gasteiger partial charge in [-0.2, -0.15) is 0 Å². The smallest absolute Gasteiger partial charge is 0.290 e. The summed E-state index contributed by atoms with van der Waals surface area (Å²) in [5.74, 6) is 0. The van der Waals surface area contributed by atoms with Crippen LogP contribution in [-0.4, -0.2) is 26.2 Å². The number of phosphoric acid groups is 1. The molecule has 68 valence electrons. The van der Waals surface area contributed by atoms with Gasteiger partial charge in [-0.15, -0.1) is 0 Å². The van der Waals surface area contributed by atoms with Crippen LogP contribution in [0.25, 0.3) is 0 Å². The Morgan fingerprint density at radius 1 is 1.36 bits per heavy atom. The van der Waals surface area contributed by atoms with E-state index >= 15 is 0 Å². The minimum atomic E-state index is -3.23. The van der Waals surface area contributed by atoms with Crippen LogP contribution in [0.2, 0.25) is 0 Å². The Morgan fingerprint density at radius 2 is 1.91 bits per heavy atom. The van der Waals surface area contributed by atoms with Gasteiger partial charge in [0.15, 0.2) is 0 Å². The van der Waals surface area contributed by atoms with Gasteiger partial charge in [0.1, 0.15) is 0 Å². The SMILES string of the molecule is COP(=O)(OC)OCCCBr. The predicted octanol–water partition coefficient (Wildman–Crippen LogP) is 2.19. The number of phosphoric ester groups is 1. The first kappa shape index (κ1) is 11.6. The lowest BCUT2D eigenvalue weighted by Gasteiger charge is -2.12. The van der Waals surface area contributed by atoms with Gasteiger partial charge in [-0.05, 0) is 6.42 Å². The fourth-order valence-corrected chi connectivity index (χ4v) is 1.35. The quantitative estimate of drug-likeness (QED) is 0.410. The summed E-state index contributed by atoms with van der Waals surface area (Å²) in [6.07, 6.45) is 0.775. The zero-order chi connectivity index (χ0) is 8.74. The van der Waals surface area contributed by atoms with E-state index in [1.54, 1.807) is 0 Å². The molecule has 0 aliphatic rings. The van der Waals surface area contributed by atoms with E-state index in [0.29, 0.717) is 6.61 Å². The van der Waals surface area contributed by atoms with Gasteiger partial charge in [0.05, 0.1) is 6.61 Å². The van der Waals surface area contributed by atoms with E-state index in [0.717, 1.165) is 11.8 Å². The van der Waals surface area contributed by atoms with Crippen LogP contribution < -0.4 is 0 Å². The van der Waals surface area contributed by atoms with Gasteiger partial charge in [0, 0.05) is 19.5 Å². The predicted molar refractivity (Wildman–Crippen MR) is 46.0 cm³/mol. The molecular weight excluding hydrogens is 235 g/mol. The summed E-state index contributed by atoms with van der Waals surface area (Å²) in [5, 5.41) is 0.806. The molecule has 6 heteroatoms. The van der Waals surface area contributed by atoms with Gasteiger partial charge in [0.25, 0.3) is 0 Å². The third-order valence-electron chi connectivity index (χ3n) is 0.975. The third-order valence-corrected chi connectivity index (χ3v) is 2.93. The lowest BCUT2D eigenvalue weighted by atomic mass is 10.5. The van der Waals surface area contributed by atoms with Crippen molar-refractivity contribution in [3.05, 3.63) is 0 Å². The highest BCUT2D eigenvalue weighted by Crippen LogP contribution is 2.47. The van der Waals surface area contributed by atoms with E-state index in [4.69, 9.17) is 4.52 Å². The number of hydrogen-bond acceptors (Lipinski definition) is 4. The first-order chi connectivity index (χ1) is 5.18. The summed E-state index contributed by atoms with van der Waals surface area (Å²) in [4.78, 5) is 0. The molecule has 0 aliphatic carbocycles. The standard InChI is InChI=1S/C5H12BrO4P/c1-8-11(7,9-2)10-5-3-4-6/h3-5H2,1-2H3. The molecule has 0 aromatic heterocycles. The Balaban J connectivity index is 3.61. The van der Waals surface area contributed by atoms with E-state index in [9.17, 15) is 4.57 Å². The molecule has 4 nitrogen and oxygen atoms in total. The molecule has 0 atom stereocenters. The summed E-state index contributed by atoms with van der Waals surface area (Å²) in [7, 11) is -0.651. The zero-order valence-corrected chi connectivity index (χ0v) is 9.06. The Labute approximate surface area is 75.0 Å². The van der Waals surface area contributed by atoms with Crippen LogP contribution in [0.15, 0.2) is 0 Å². The Morgan fingerprint density at radius 3 is 2.27 bits per heavy atom. The highest BCUT2D eigenvalue weighted by atomic mass is 79.9. The first-order valence-electron chi connectivity index (χ1n) is 3.10. The Bertz CT molecular complexity index is 132. The van der Waals surface area contributed by atoms with E-state index < -0.39 is 7.82 Å².